The molecule has 136 valence electrons. The summed E-state index contributed by atoms with van der Waals surface area (Å²) >= 11 is 1.44. The monoisotopic (exact) mass is 362 g/mol. The van der Waals surface area contributed by atoms with E-state index in [-0.39, 0.29) is 12.1 Å². The zero-order chi connectivity index (χ0) is 18.6. The first kappa shape index (κ1) is 19.3. The van der Waals surface area contributed by atoms with Crippen LogP contribution < -0.4 is 10.5 Å². The first-order chi connectivity index (χ1) is 11.8. The molecule has 1 aromatic carbocycles. The van der Waals surface area contributed by atoms with E-state index in [0.29, 0.717) is 23.7 Å². The summed E-state index contributed by atoms with van der Waals surface area (Å²) in [5, 5.41) is 0.493. The minimum Gasteiger partial charge on any atom is -0.491 e. The van der Waals surface area contributed by atoms with Crippen LogP contribution in [0.25, 0.3) is 11.1 Å². The molecular weight excluding hydrogens is 336 g/mol. The smallest absolute Gasteiger partial charge is 0.341 e. The van der Waals surface area contributed by atoms with Gasteiger partial charge >= 0.3 is 5.97 Å². The number of anilines is 1. The third kappa shape index (κ3) is 4.74. The summed E-state index contributed by atoms with van der Waals surface area (Å²) in [6.45, 7) is 6.79. The second-order valence-corrected chi connectivity index (χ2v) is 7.43. The molecule has 0 aliphatic heterocycles. The van der Waals surface area contributed by atoms with Crippen molar-refractivity contribution in [1.29, 1.82) is 0 Å². The molecule has 0 fully saturated rings. The molecule has 1 heterocycles. The Labute approximate surface area is 153 Å². The normalized spacial score (nSPS) is 11.2. The molecule has 0 saturated heterocycles. The summed E-state index contributed by atoms with van der Waals surface area (Å²) in [7, 11) is 3.98. The van der Waals surface area contributed by atoms with E-state index >= 15 is 0 Å². The number of hydrogen-bond acceptors (Lipinski definition) is 6. The number of nitrogen functional groups attached to an aromatic ring is 1. The highest BCUT2D eigenvalue weighted by atomic mass is 32.1. The van der Waals surface area contributed by atoms with Gasteiger partial charge in [0.25, 0.3) is 0 Å². The fourth-order valence-electron chi connectivity index (χ4n) is 2.58. The molecule has 0 aliphatic carbocycles. The maximum absolute atomic E-state index is 12.4. The van der Waals surface area contributed by atoms with Gasteiger partial charge in [-0.2, -0.15) is 0 Å². The van der Waals surface area contributed by atoms with E-state index in [1.165, 1.54) is 11.3 Å². The van der Waals surface area contributed by atoms with Crippen molar-refractivity contribution in [2.24, 2.45) is 0 Å². The molecule has 6 heteroatoms. The molecule has 0 bridgehead atoms. The molecular formula is C19H26N2O3S. The lowest BCUT2D eigenvalue weighted by molar-refractivity contribution is 0.0529. The van der Waals surface area contributed by atoms with E-state index in [1.807, 2.05) is 52.2 Å². The number of nitrogens with two attached hydrogens (primary N) is 1. The molecule has 2 N–H and O–H groups in total. The fourth-order valence-corrected chi connectivity index (χ4v) is 3.78. The molecule has 0 unspecified atom stereocenters. The topological polar surface area (TPSA) is 64.8 Å². The van der Waals surface area contributed by atoms with Crippen LogP contribution in [-0.2, 0) is 11.3 Å². The van der Waals surface area contributed by atoms with Gasteiger partial charge in [0.2, 0.25) is 0 Å². The second-order valence-electron chi connectivity index (χ2n) is 6.29. The van der Waals surface area contributed by atoms with E-state index in [1.54, 1.807) is 6.92 Å². The van der Waals surface area contributed by atoms with Crippen molar-refractivity contribution in [2.75, 3.05) is 26.4 Å². The van der Waals surface area contributed by atoms with Gasteiger partial charge in [0.1, 0.15) is 16.3 Å². The van der Waals surface area contributed by atoms with Crippen LogP contribution in [0.2, 0.25) is 0 Å². The van der Waals surface area contributed by atoms with Gasteiger partial charge in [0, 0.05) is 17.0 Å². The third-order valence-electron chi connectivity index (χ3n) is 3.46. The number of ether oxygens (including phenoxy) is 2. The van der Waals surface area contributed by atoms with Crippen molar-refractivity contribution in [1.82, 2.24) is 4.90 Å². The van der Waals surface area contributed by atoms with Crippen molar-refractivity contribution in [3.63, 3.8) is 0 Å². The van der Waals surface area contributed by atoms with E-state index in [4.69, 9.17) is 15.2 Å². The van der Waals surface area contributed by atoms with Gasteiger partial charge in [0.15, 0.2) is 0 Å². The van der Waals surface area contributed by atoms with E-state index < -0.39 is 0 Å². The van der Waals surface area contributed by atoms with Crippen LogP contribution in [0, 0.1) is 0 Å². The summed E-state index contributed by atoms with van der Waals surface area (Å²) < 4.78 is 10.9. The Hall–Kier alpha value is -2.05. The zero-order valence-corrected chi connectivity index (χ0v) is 16.3. The first-order valence-corrected chi connectivity index (χ1v) is 9.15. The van der Waals surface area contributed by atoms with Gasteiger partial charge in [-0.3, -0.25) is 0 Å². The summed E-state index contributed by atoms with van der Waals surface area (Å²) in [5.74, 6) is 0.424. The molecule has 0 spiro atoms. The highest BCUT2D eigenvalue weighted by molar-refractivity contribution is 7.17. The van der Waals surface area contributed by atoms with Gasteiger partial charge in [0.05, 0.1) is 12.7 Å². The van der Waals surface area contributed by atoms with Gasteiger partial charge in [-0.1, -0.05) is 12.1 Å². The van der Waals surface area contributed by atoms with Crippen molar-refractivity contribution < 1.29 is 14.3 Å². The van der Waals surface area contributed by atoms with E-state index in [9.17, 15) is 4.79 Å². The average molecular weight is 362 g/mol. The minimum absolute atomic E-state index is 0.113. The third-order valence-corrected chi connectivity index (χ3v) is 4.47. The standard InChI is InChI=1S/C19H26N2O3S/c1-6-23-19(22)17-16(15(11-21(4)5)25-18(17)20)13-7-9-14(10-8-13)24-12(2)3/h7-10,12H,6,11,20H2,1-5H3. The molecule has 2 aromatic rings. The van der Waals surface area contributed by atoms with Crippen LogP contribution in [-0.4, -0.2) is 37.7 Å². The fraction of sp³-hybridized carbons (Fsp3) is 0.421. The second kappa shape index (κ2) is 8.36. The van der Waals surface area contributed by atoms with Crippen molar-refractivity contribution in [2.45, 2.75) is 33.4 Å². The maximum atomic E-state index is 12.4. The zero-order valence-electron chi connectivity index (χ0n) is 15.5. The van der Waals surface area contributed by atoms with Crippen molar-refractivity contribution in [3.8, 4) is 16.9 Å². The molecule has 0 saturated carbocycles. The van der Waals surface area contributed by atoms with Gasteiger partial charge in [-0.15, -0.1) is 11.3 Å². The van der Waals surface area contributed by atoms with Crippen LogP contribution in [0.4, 0.5) is 5.00 Å². The number of rotatable bonds is 7. The summed E-state index contributed by atoms with van der Waals surface area (Å²) in [6, 6.07) is 7.75. The Kier molecular flexibility index (Phi) is 6.45. The highest BCUT2D eigenvalue weighted by Gasteiger charge is 2.24. The van der Waals surface area contributed by atoms with Gasteiger partial charge in [-0.05, 0) is 52.6 Å². The summed E-state index contributed by atoms with van der Waals surface area (Å²) in [4.78, 5) is 15.5. The van der Waals surface area contributed by atoms with Crippen LogP contribution in [0.3, 0.4) is 0 Å². The van der Waals surface area contributed by atoms with Gasteiger partial charge in [-0.25, -0.2) is 4.79 Å². The number of carbonyl (C=O) groups excluding carboxylic acids is 1. The lowest BCUT2D eigenvalue weighted by atomic mass is 10.0. The quantitative estimate of drug-likeness (QED) is 0.754. The Morgan fingerprint density at radius 1 is 1.24 bits per heavy atom. The molecule has 0 atom stereocenters. The summed E-state index contributed by atoms with van der Waals surface area (Å²) in [6.07, 6.45) is 0.113. The first-order valence-electron chi connectivity index (χ1n) is 8.33. The molecule has 25 heavy (non-hydrogen) atoms. The molecule has 5 nitrogen and oxygen atoms in total. The SMILES string of the molecule is CCOC(=O)c1c(N)sc(CN(C)C)c1-c1ccc(OC(C)C)cc1. The number of hydrogen-bond donors (Lipinski definition) is 1. The predicted molar refractivity (Wildman–Crippen MR) is 103 cm³/mol. The molecule has 0 radical (unpaired) electrons. The maximum Gasteiger partial charge on any atom is 0.341 e. The summed E-state index contributed by atoms with van der Waals surface area (Å²) in [5.41, 5.74) is 8.40. The Bertz CT molecular complexity index is 721. The lowest BCUT2D eigenvalue weighted by Crippen LogP contribution is -2.11. The average Bonchev–Trinajstić information content (AvgIpc) is 2.83. The van der Waals surface area contributed by atoms with E-state index in [2.05, 4.69) is 4.90 Å². The predicted octanol–water partition coefficient (Wildman–Crippen LogP) is 4.02. The molecule has 0 aliphatic rings. The van der Waals surface area contributed by atoms with Crippen LogP contribution in [0.15, 0.2) is 24.3 Å². The van der Waals surface area contributed by atoms with Gasteiger partial charge < -0.3 is 20.1 Å². The number of thiophene rings is 1. The number of carbonyl (C=O) groups is 1. The number of esters is 1. The van der Waals surface area contributed by atoms with E-state index in [0.717, 1.165) is 21.8 Å². The largest absolute Gasteiger partial charge is 0.491 e. The Balaban J connectivity index is 2.50. The van der Waals surface area contributed by atoms with Crippen molar-refractivity contribution >= 4 is 22.3 Å². The van der Waals surface area contributed by atoms with Crippen molar-refractivity contribution in [3.05, 3.63) is 34.7 Å². The Morgan fingerprint density at radius 3 is 2.40 bits per heavy atom. The van der Waals surface area contributed by atoms with Crippen LogP contribution >= 0.6 is 11.3 Å². The molecule has 1 aromatic heterocycles. The minimum atomic E-state index is -0.376. The number of nitrogens with zero attached hydrogens (tertiary/aromatic N) is 1. The van der Waals surface area contributed by atoms with Crippen LogP contribution in [0.5, 0.6) is 5.75 Å². The lowest BCUT2D eigenvalue weighted by Gasteiger charge is -2.13. The number of benzene rings is 1. The highest BCUT2D eigenvalue weighted by Crippen LogP contribution is 2.40. The Morgan fingerprint density at radius 2 is 1.88 bits per heavy atom. The van der Waals surface area contributed by atoms with Crippen LogP contribution in [0.1, 0.15) is 36.0 Å². The molecule has 2 rings (SSSR count). The molecule has 0 amide bonds.